The molecule has 25 heavy (non-hydrogen) atoms. The van der Waals surface area contributed by atoms with Crippen molar-refractivity contribution in [1.82, 2.24) is 4.90 Å². The third kappa shape index (κ3) is 3.85. The van der Waals surface area contributed by atoms with Crippen molar-refractivity contribution in [3.8, 4) is 0 Å². The van der Waals surface area contributed by atoms with Crippen molar-refractivity contribution in [1.29, 1.82) is 0 Å². The molecule has 130 valence electrons. The summed E-state index contributed by atoms with van der Waals surface area (Å²) in [6.45, 7) is 0.532. The van der Waals surface area contributed by atoms with Gasteiger partial charge in [-0.2, -0.15) is 0 Å². The summed E-state index contributed by atoms with van der Waals surface area (Å²) >= 11 is 1.35. The van der Waals surface area contributed by atoms with Gasteiger partial charge >= 0.3 is 0 Å². The summed E-state index contributed by atoms with van der Waals surface area (Å²) in [5.41, 5.74) is 0.265. The molecule has 8 heteroatoms. The highest BCUT2D eigenvalue weighted by Gasteiger charge is 2.33. The van der Waals surface area contributed by atoms with Crippen LogP contribution in [-0.4, -0.2) is 34.2 Å². The molecule has 0 saturated carbocycles. The minimum Gasteiger partial charge on any atom is -0.326 e. The molecule has 1 N–H and O–H groups in total. The molecule has 1 aromatic carbocycles. The highest BCUT2D eigenvalue weighted by Crippen LogP contribution is 2.24. The second kappa shape index (κ2) is 7.43. The Bertz CT molecular complexity index is 791. The van der Waals surface area contributed by atoms with E-state index >= 15 is 0 Å². The second-order valence-electron chi connectivity index (χ2n) is 5.78. The summed E-state index contributed by atoms with van der Waals surface area (Å²) in [5, 5.41) is 15.4. The fourth-order valence-corrected chi connectivity index (χ4v) is 3.59. The quantitative estimate of drug-likeness (QED) is 0.670. The van der Waals surface area contributed by atoms with Crippen molar-refractivity contribution in [3.63, 3.8) is 0 Å². The SMILES string of the molecule is O=C(Nc1cccc([N+](=O)[O-])c1)C1CCCCN1C(=O)c1cccs1. The number of carbonyl (C=O) groups excluding carboxylic acids is 2. The number of rotatable bonds is 4. The number of nitro benzene ring substituents is 1. The number of piperidine rings is 1. The fraction of sp³-hybridized carbons (Fsp3) is 0.294. The van der Waals surface area contributed by atoms with Gasteiger partial charge in [0.25, 0.3) is 11.6 Å². The van der Waals surface area contributed by atoms with E-state index in [1.165, 1.54) is 29.5 Å². The molecule has 1 aromatic heterocycles. The zero-order valence-electron chi connectivity index (χ0n) is 13.4. The van der Waals surface area contributed by atoms with Crippen LogP contribution in [0.2, 0.25) is 0 Å². The Morgan fingerprint density at radius 1 is 1.24 bits per heavy atom. The molecular formula is C17H17N3O4S. The topological polar surface area (TPSA) is 92.5 Å². The maximum atomic E-state index is 12.7. The van der Waals surface area contributed by atoms with Gasteiger partial charge in [-0.15, -0.1) is 11.3 Å². The lowest BCUT2D eigenvalue weighted by atomic mass is 10.0. The van der Waals surface area contributed by atoms with Gasteiger partial charge in [0, 0.05) is 24.4 Å². The molecule has 3 rings (SSSR count). The van der Waals surface area contributed by atoms with Gasteiger partial charge in [-0.1, -0.05) is 12.1 Å². The molecule has 1 aliphatic heterocycles. The number of nitrogens with zero attached hydrogens (tertiary/aromatic N) is 2. The Hall–Kier alpha value is -2.74. The summed E-state index contributed by atoms with van der Waals surface area (Å²) in [4.78, 5) is 37.8. The normalized spacial score (nSPS) is 17.1. The molecule has 0 aliphatic carbocycles. The van der Waals surface area contributed by atoms with E-state index in [4.69, 9.17) is 0 Å². The van der Waals surface area contributed by atoms with Gasteiger partial charge in [0.2, 0.25) is 5.91 Å². The number of likely N-dealkylation sites (tertiary alicyclic amines) is 1. The zero-order chi connectivity index (χ0) is 17.8. The van der Waals surface area contributed by atoms with Crippen LogP contribution in [-0.2, 0) is 4.79 Å². The van der Waals surface area contributed by atoms with Crippen molar-refractivity contribution in [2.75, 3.05) is 11.9 Å². The summed E-state index contributed by atoms with van der Waals surface area (Å²) in [6, 6.07) is 8.77. The number of non-ortho nitro benzene ring substituents is 1. The Morgan fingerprint density at radius 2 is 2.08 bits per heavy atom. The monoisotopic (exact) mass is 359 g/mol. The van der Waals surface area contributed by atoms with E-state index in [1.807, 2.05) is 5.38 Å². The summed E-state index contributed by atoms with van der Waals surface area (Å²) in [6.07, 6.45) is 2.30. The molecule has 0 radical (unpaired) electrons. The molecule has 0 spiro atoms. The van der Waals surface area contributed by atoms with Crippen LogP contribution in [0.1, 0.15) is 28.9 Å². The predicted molar refractivity (Wildman–Crippen MR) is 94.7 cm³/mol. The number of hydrogen-bond acceptors (Lipinski definition) is 5. The van der Waals surface area contributed by atoms with E-state index in [1.54, 1.807) is 23.1 Å². The fourth-order valence-electron chi connectivity index (χ4n) is 2.91. The Morgan fingerprint density at radius 3 is 2.80 bits per heavy atom. The third-order valence-corrected chi connectivity index (χ3v) is 4.98. The van der Waals surface area contributed by atoms with Gasteiger partial charge in [0.15, 0.2) is 0 Å². The number of nitrogens with one attached hydrogen (secondary N) is 1. The van der Waals surface area contributed by atoms with E-state index < -0.39 is 11.0 Å². The minimum atomic E-state index is -0.567. The van der Waals surface area contributed by atoms with Gasteiger partial charge in [0.1, 0.15) is 6.04 Å². The summed E-state index contributed by atoms with van der Waals surface area (Å²) in [7, 11) is 0. The Balaban J connectivity index is 1.76. The Kier molecular flexibility index (Phi) is 5.08. The number of carbonyl (C=O) groups is 2. The highest BCUT2D eigenvalue weighted by molar-refractivity contribution is 7.12. The van der Waals surface area contributed by atoms with Gasteiger partial charge in [-0.05, 0) is 36.8 Å². The highest BCUT2D eigenvalue weighted by atomic mass is 32.1. The first-order valence-electron chi connectivity index (χ1n) is 7.96. The Labute approximate surface area is 148 Å². The molecule has 0 bridgehead atoms. The largest absolute Gasteiger partial charge is 0.326 e. The standard InChI is InChI=1S/C17H17N3O4S/c21-16(18-12-5-3-6-13(11-12)20(23)24)14-7-1-2-9-19(14)17(22)15-8-4-10-25-15/h3-6,8,10-11,14H,1-2,7,9H2,(H,18,21). The van der Waals surface area contributed by atoms with E-state index in [0.29, 0.717) is 23.5 Å². The maximum absolute atomic E-state index is 12.7. The minimum absolute atomic E-state index is 0.0898. The molecule has 1 atom stereocenters. The van der Waals surface area contributed by atoms with E-state index in [9.17, 15) is 19.7 Å². The molecule has 1 aliphatic rings. The van der Waals surface area contributed by atoms with Gasteiger partial charge in [-0.3, -0.25) is 19.7 Å². The van der Waals surface area contributed by atoms with Gasteiger partial charge in [0.05, 0.1) is 9.80 Å². The van der Waals surface area contributed by atoms with Crippen molar-refractivity contribution >= 4 is 34.5 Å². The number of benzene rings is 1. The molecular weight excluding hydrogens is 342 g/mol. The molecule has 7 nitrogen and oxygen atoms in total. The van der Waals surface area contributed by atoms with Crippen molar-refractivity contribution in [2.24, 2.45) is 0 Å². The van der Waals surface area contributed by atoms with Gasteiger partial charge in [-0.25, -0.2) is 0 Å². The predicted octanol–water partition coefficient (Wildman–Crippen LogP) is 3.29. The van der Waals surface area contributed by atoms with Crippen molar-refractivity contribution in [3.05, 3.63) is 56.8 Å². The van der Waals surface area contributed by atoms with Crippen molar-refractivity contribution in [2.45, 2.75) is 25.3 Å². The molecule has 2 heterocycles. The number of nitro groups is 1. The first kappa shape index (κ1) is 17.1. The second-order valence-corrected chi connectivity index (χ2v) is 6.73. The number of amides is 2. The number of anilines is 1. The van der Waals surface area contributed by atoms with E-state index in [2.05, 4.69) is 5.32 Å². The lowest BCUT2D eigenvalue weighted by Crippen LogP contribution is -2.49. The van der Waals surface area contributed by atoms with Gasteiger partial charge < -0.3 is 10.2 Å². The molecule has 1 fully saturated rings. The summed E-state index contributed by atoms with van der Waals surface area (Å²) in [5.74, 6) is -0.459. The molecule has 2 aromatic rings. The van der Waals surface area contributed by atoms with Crippen LogP contribution in [0.4, 0.5) is 11.4 Å². The van der Waals surface area contributed by atoms with Crippen LogP contribution in [0, 0.1) is 10.1 Å². The first-order valence-corrected chi connectivity index (χ1v) is 8.84. The van der Waals surface area contributed by atoms with Crippen LogP contribution in [0.3, 0.4) is 0 Å². The molecule has 2 amide bonds. The zero-order valence-corrected chi connectivity index (χ0v) is 14.2. The van der Waals surface area contributed by atoms with Crippen LogP contribution >= 0.6 is 11.3 Å². The van der Waals surface area contributed by atoms with Crippen LogP contribution < -0.4 is 5.32 Å². The van der Waals surface area contributed by atoms with E-state index in [-0.39, 0.29) is 17.5 Å². The number of hydrogen-bond donors (Lipinski definition) is 1. The van der Waals surface area contributed by atoms with E-state index in [0.717, 1.165) is 12.8 Å². The maximum Gasteiger partial charge on any atom is 0.271 e. The molecule has 1 saturated heterocycles. The first-order chi connectivity index (χ1) is 12.1. The van der Waals surface area contributed by atoms with Crippen molar-refractivity contribution < 1.29 is 14.5 Å². The smallest absolute Gasteiger partial charge is 0.271 e. The average Bonchev–Trinajstić information content (AvgIpc) is 3.16. The third-order valence-electron chi connectivity index (χ3n) is 4.12. The van der Waals surface area contributed by atoms with Crippen LogP contribution in [0.5, 0.6) is 0 Å². The summed E-state index contributed by atoms with van der Waals surface area (Å²) < 4.78 is 0. The number of thiophene rings is 1. The average molecular weight is 359 g/mol. The molecule has 1 unspecified atom stereocenters. The lowest BCUT2D eigenvalue weighted by Gasteiger charge is -2.34. The van der Waals surface area contributed by atoms with Crippen LogP contribution in [0.25, 0.3) is 0 Å². The lowest BCUT2D eigenvalue weighted by molar-refractivity contribution is -0.384. The van der Waals surface area contributed by atoms with Crippen LogP contribution in [0.15, 0.2) is 41.8 Å².